The largest absolute Gasteiger partial charge is 0.461 e. The fraction of sp³-hybridized carbons (Fsp3) is 0.533. The summed E-state index contributed by atoms with van der Waals surface area (Å²) in [6, 6.07) is 8.35. The SMILES string of the molecule is C[C@@H]1C[C@H](N2CCN(C)c3ccccc3C2)C(=O)O1. The van der Waals surface area contributed by atoms with Gasteiger partial charge in [-0.15, -0.1) is 0 Å². The van der Waals surface area contributed by atoms with Crippen LogP contribution in [0.3, 0.4) is 0 Å². The van der Waals surface area contributed by atoms with Crippen molar-refractivity contribution in [1.82, 2.24) is 4.90 Å². The van der Waals surface area contributed by atoms with Gasteiger partial charge in [0.15, 0.2) is 0 Å². The molecule has 0 saturated carbocycles. The van der Waals surface area contributed by atoms with Gasteiger partial charge in [-0.25, -0.2) is 0 Å². The number of nitrogens with zero attached hydrogens (tertiary/aromatic N) is 2. The summed E-state index contributed by atoms with van der Waals surface area (Å²) in [5.74, 6) is -0.0606. The number of hydrogen-bond donors (Lipinski definition) is 0. The summed E-state index contributed by atoms with van der Waals surface area (Å²) >= 11 is 0. The highest BCUT2D eigenvalue weighted by molar-refractivity contribution is 5.78. The predicted octanol–water partition coefficient (Wildman–Crippen LogP) is 1.64. The Hall–Kier alpha value is -1.55. The number of benzene rings is 1. The van der Waals surface area contributed by atoms with E-state index in [1.807, 2.05) is 6.92 Å². The second-order valence-electron chi connectivity index (χ2n) is 5.52. The van der Waals surface area contributed by atoms with Crippen molar-refractivity contribution in [3.05, 3.63) is 29.8 Å². The lowest BCUT2D eigenvalue weighted by atomic mass is 10.1. The number of esters is 1. The van der Waals surface area contributed by atoms with E-state index in [1.165, 1.54) is 11.3 Å². The lowest BCUT2D eigenvalue weighted by Crippen LogP contribution is -2.40. The summed E-state index contributed by atoms with van der Waals surface area (Å²) in [5, 5.41) is 0. The summed E-state index contributed by atoms with van der Waals surface area (Å²) in [5.41, 5.74) is 2.55. The molecule has 0 bridgehead atoms. The second-order valence-corrected chi connectivity index (χ2v) is 5.52. The zero-order valence-electron chi connectivity index (χ0n) is 11.5. The van der Waals surface area contributed by atoms with Crippen LogP contribution < -0.4 is 4.90 Å². The van der Waals surface area contributed by atoms with Crippen LogP contribution in [0, 0.1) is 0 Å². The van der Waals surface area contributed by atoms with Gasteiger partial charge in [-0.3, -0.25) is 9.69 Å². The number of para-hydroxylation sites is 1. The van der Waals surface area contributed by atoms with Gasteiger partial charge in [0.2, 0.25) is 0 Å². The van der Waals surface area contributed by atoms with Crippen LogP contribution in [0.15, 0.2) is 24.3 Å². The molecule has 3 rings (SSSR count). The molecule has 1 fully saturated rings. The number of fused-ring (bicyclic) bond motifs is 1. The Balaban J connectivity index is 1.85. The Bertz CT molecular complexity index is 489. The number of hydrogen-bond acceptors (Lipinski definition) is 4. The van der Waals surface area contributed by atoms with Gasteiger partial charge in [0.1, 0.15) is 12.1 Å². The van der Waals surface area contributed by atoms with Crippen molar-refractivity contribution in [2.24, 2.45) is 0 Å². The van der Waals surface area contributed by atoms with Crippen molar-refractivity contribution in [3.63, 3.8) is 0 Å². The van der Waals surface area contributed by atoms with Crippen LogP contribution in [0.5, 0.6) is 0 Å². The molecule has 1 saturated heterocycles. The summed E-state index contributed by atoms with van der Waals surface area (Å²) < 4.78 is 5.29. The van der Waals surface area contributed by atoms with Crippen LogP contribution in [0.1, 0.15) is 18.9 Å². The zero-order chi connectivity index (χ0) is 13.4. The zero-order valence-corrected chi connectivity index (χ0v) is 11.5. The molecule has 4 heteroatoms. The summed E-state index contributed by atoms with van der Waals surface area (Å²) in [6.45, 7) is 4.63. The monoisotopic (exact) mass is 260 g/mol. The van der Waals surface area contributed by atoms with Crippen molar-refractivity contribution < 1.29 is 9.53 Å². The molecule has 2 heterocycles. The van der Waals surface area contributed by atoms with E-state index in [-0.39, 0.29) is 18.1 Å². The third kappa shape index (κ3) is 2.32. The fourth-order valence-electron chi connectivity index (χ4n) is 3.01. The lowest BCUT2D eigenvalue weighted by Gasteiger charge is -2.24. The first kappa shape index (κ1) is 12.5. The maximum Gasteiger partial charge on any atom is 0.323 e. The van der Waals surface area contributed by atoms with Gasteiger partial charge in [-0.05, 0) is 18.6 Å². The van der Waals surface area contributed by atoms with E-state index in [1.54, 1.807) is 0 Å². The Kier molecular flexibility index (Phi) is 3.19. The maximum absolute atomic E-state index is 11.9. The van der Waals surface area contributed by atoms with E-state index >= 15 is 0 Å². The first-order chi connectivity index (χ1) is 9.15. The molecule has 0 amide bonds. The number of likely N-dealkylation sites (N-methyl/N-ethyl adjacent to an activating group) is 1. The number of anilines is 1. The van der Waals surface area contributed by atoms with E-state index in [0.717, 1.165) is 26.1 Å². The molecular weight excluding hydrogens is 240 g/mol. The minimum atomic E-state index is -0.0745. The van der Waals surface area contributed by atoms with Crippen molar-refractivity contribution in [2.75, 3.05) is 25.0 Å². The number of ether oxygens (including phenoxy) is 1. The van der Waals surface area contributed by atoms with Crippen LogP contribution >= 0.6 is 0 Å². The minimum Gasteiger partial charge on any atom is -0.461 e. The fourth-order valence-corrected chi connectivity index (χ4v) is 3.01. The number of carbonyl (C=O) groups is 1. The Morgan fingerprint density at radius 3 is 2.79 bits per heavy atom. The molecule has 0 radical (unpaired) electrons. The maximum atomic E-state index is 11.9. The van der Waals surface area contributed by atoms with Crippen LogP contribution in [0.25, 0.3) is 0 Å². The smallest absolute Gasteiger partial charge is 0.323 e. The molecule has 0 unspecified atom stereocenters. The highest BCUT2D eigenvalue weighted by Crippen LogP contribution is 2.28. The van der Waals surface area contributed by atoms with Gasteiger partial charge in [-0.1, -0.05) is 18.2 Å². The predicted molar refractivity (Wildman–Crippen MR) is 74.1 cm³/mol. The molecule has 2 aliphatic rings. The topological polar surface area (TPSA) is 32.8 Å². The number of cyclic esters (lactones) is 1. The molecule has 0 spiro atoms. The van der Waals surface area contributed by atoms with Crippen LogP contribution in [0.4, 0.5) is 5.69 Å². The molecule has 2 atom stereocenters. The van der Waals surface area contributed by atoms with Crippen molar-refractivity contribution >= 4 is 11.7 Å². The molecule has 1 aromatic rings. The Labute approximate surface area is 113 Å². The van der Waals surface area contributed by atoms with E-state index in [2.05, 4.69) is 41.1 Å². The van der Waals surface area contributed by atoms with Gasteiger partial charge >= 0.3 is 5.97 Å². The molecule has 4 nitrogen and oxygen atoms in total. The lowest BCUT2D eigenvalue weighted by molar-refractivity contribution is -0.144. The van der Waals surface area contributed by atoms with E-state index in [4.69, 9.17) is 4.74 Å². The first-order valence-corrected chi connectivity index (χ1v) is 6.89. The average molecular weight is 260 g/mol. The molecule has 19 heavy (non-hydrogen) atoms. The normalized spacial score (nSPS) is 27.9. The summed E-state index contributed by atoms with van der Waals surface area (Å²) in [6.07, 6.45) is 0.860. The highest BCUT2D eigenvalue weighted by atomic mass is 16.6. The van der Waals surface area contributed by atoms with Crippen LogP contribution in [-0.2, 0) is 16.1 Å². The first-order valence-electron chi connectivity index (χ1n) is 6.89. The van der Waals surface area contributed by atoms with Crippen LogP contribution in [0.2, 0.25) is 0 Å². The summed E-state index contributed by atoms with van der Waals surface area (Å²) in [4.78, 5) is 16.4. The molecular formula is C15H20N2O2. The molecule has 102 valence electrons. The van der Waals surface area contributed by atoms with Gasteiger partial charge in [0, 0.05) is 38.8 Å². The van der Waals surface area contributed by atoms with Crippen molar-refractivity contribution in [3.8, 4) is 0 Å². The quantitative estimate of drug-likeness (QED) is 0.719. The Morgan fingerprint density at radius 2 is 2.05 bits per heavy atom. The average Bonchev–Trinajstić information content (AvgIpc) is 2.64. The van der Waals surface area contributed by atoms with Crippen molar-refractivity contribution in [2.45, 2.75) is 32.0 Å². The van der Waals surface area contributed by atoms with Gasteiger partial charge < -0.3 is 9.64 Å². The molecule has 0 aromatic heterocycles. The molecule has 0 N–H and O–H groups in total. The second kappa shape index (κ2) is 4.85. The molecule has 0 aliphatic carbocycles. The number of rotatable bonds is 1. The van der Waals surface area contributed by atoms with E-state index < -0.39 is 0 Å². The van der Waals surface area contributed by atoms with Gasteiger partial charge in [0.25, 0.3) is 0 Å². The third-order valence-electron chi connectivity index (χ3n) is 4.08. The summed E-state index contributed by atoms with van der Waals surface area (Å²) in [7, 11) is 2.11. The van der Waals surface area contributed by atoms with Gasteiger partial charge in [-0.2, -0.15) is 0 Å². The standard InChI is InChI=1S/C15H20N2O2/c1-11-9-14(15(18)19-11)17-8-7-16(2)13-6-4-3-5-12(13)10-17/h3-6,11,14H,7-10H2,1-2H3/t11-,14+/m1/s1. The third-order valence-corrected chi connectivity index (χ3v) is 4.08. The van der Waals surface area contributed by atoms with Crippen molar-refractivity contribution in [1.29, 1.82) is 0 Å². The minimum absolute atomic E-state index is 0.0497. The van der Waals surface area contributed by atoms with E-state index in [9.17, 15) is 4.79 Å². The Morgan fingerprint density at radius 1 is 1.26 bits per heavy atom. The van der Waals surface area contributed by atoms with Crippen LogP contribution in [-0.4, -0.2) is 43.2 Å². The molecule has 2 aliphatic heterocycles. The van der Waals surface area contributed by atoms with E-state index in [0.29, 0.717) is 0 Å². The van der Waals surface area contributed by atoms with Gasteiger partial charge in [0.05, 0.1) is 0 Å². The highest BCUT2D eigenvalue weighted by Gasteiger charge is 2.37. The number of carbonyl (C=O) groups excluding carboxylic acids is 1. The molecule has 1 aromatic carbocycles.